The smallest absolute Gasteiger partial charge is 0.224 e. The summed E-state index contributed by atoms with van der Waals surface area (Å²) in [5.41, 5.74) is 2.20. The van der Waals surface area contributed by atoms with Gasteiger partial charge in [-0.25, -0.2) is 8.42 Å². The lowest BCUT2D eigenvalue weighted by molar-refractivity contribution is -0.116. The lowest BCUT2D eigenvalue weighted by atomic mass is 9.93. The zero-order valence-corrected chi connectivity index (χ0v) is 12.6. The molecule has 1 aliphatic heterocycles. The van der Waals surface area contributed by atoms with Crippen LogP contribution in [0.25, 0.3) is 0 Å². The second-order valence-electron chi connectivity index (χ2n) is 5.74. The molecule has 6 heteroatoms. The molecule has 0 aliphatic carbocycles. The van der Waals surface area contributed by atoms with E-state index in [1.54, 1.807) is 18.2 Å². The molecular weight excluding hydrogens is 278 g/mol. The first-order valence-corrected chi connectivity index (χ1v) is 8.32. The number of amides is 1. The molecule has 5 nitrogen and oxygen atoms in total. The number of aliphatic hydroxyl groups excluding tert-OH is 1. The summed E-state index contributed by atoms with van der Waals surface area (Å²) in [6.07, 6.45) is 1.01. The highest BCUT2D eigenvalue weighted by atomic mass is 32.2. The van der Waals surface area contributed by atoms with E-state index in [-0.39, 0.29) is 5.91 Å². The number of sulfone groups is 1. The average Bonchev–Trinajstić information content (AvgIpc) is 2.35. The lowest BCUT2D eigenvalue weighted by Crippen LogP contribution is -2.38. The van der Waals surface area contributed by atoms with Crippen LogP contribution in [0.1, 0.15) is 37.5 Å². The van der Waals surface area contributed by atoms with E-state index in [9.17, 15) is 18.3 Å². The van der Waals surface area contributed by atoms with Gasteiger partial charge >= 0.3 is 0 Å². The molecule has 0 saturated heterocycles. The SMILES string of the molecule is CC(C)(C(O)c1ccc2c(c1)CCC(=O)N2)S(C)(=O)=O. The Morgan fingerprint density at radius 3 is 2.55 bits per heavy atom. The van der Waals surface area contributed by atoms with Gasteiger partial charge in [-0.1, -0.05) is 12.1 Å². The van der Waals surface area contributed by atoms with Crippen LogP contribution in [0.2, 0.25) is 0 Å². The van der Waals surface area contributed by atoms with Crippen molar-refractivity contribution in [3.05, 3.63) is 29.3 Å². The van der Waals surface area contributed by atoms with Crippen molar-refractivity contribution in [1.29, 1.82) is 0 Å². The first-order valence-electron chi connectivity index (χ1n) is 6.43. The van der Waals surface area contributed by atoms with E-state index in [1.165, 1.54) is 13.8 Å². The van der Waals surface area contributed by atoms with Gasteiger partial charge in [0.15, 0.2) is 9.84 Å². The zero-order chi connectivity index (χ0) is 15.1. The maximum Gasteiger partial charge on any atom is 0.224 e. The van der Waals surface area contributed by atoms with Crippen LogP contribution < -0.4 is 5.32 Å². The molecular formula is C14H19NO4S. The van der Waals surface area contributed by atoms with Gasteiger partial charge in [0, 0.05) is 18.4 Å². The normalized spacial score (nSPS) is 17.3. The maximum atomic E-state index is 11.8. The average molecular weight is 297 g/mol. The molecule has 20 heavy (non-hydrogen) atoms. The Balaban J connectivity index is 2.38. The number of benzene rings is 1. The van der Waals surface area contributed by atoms with E-state index >= 15 is 0 Å². The van der Waals surface area contributed by atoms with E-state index in [0.717, 1.165) is 17.5 Å². The Kier molecular flexibility index (Phi) is 3.64. The van der Waals surface area contributed by atoms with E-state index in [4.69, 9.17) is 0 Å². The fraction of sp³-hybridized carbons (Fsp3) is 0.500. The second-order valence-corrected chi connectivity index (χ2v) is 8.34. The van der Waals surface area contributed by atoms with E-state index in [2.05, 4.69) is 5.32 Å². The highest BCUT2D eigenvalue weighted by molar-refractivity contribution is 7.92. The van der Waals surface area contributed by atoms with Gasteiger partial charge in [0.05, 0.1) is 10.9 Å². The van der Waals surface area contributed by atoms with Gasteiger partial charge < -0.3 is 10.4 Å². The van der Waals surface area contributed by atoms with Crippen LogP contribution >= 0.6 is 0 Å². The molecule has 1 aromatic carbocycles. The molecule has 0 bridgehead atoms. The summed E-state index contributed by atoms with van der Waals surface area (Å²) in [4.78, 5) is 11.3. The third-order valence-electron chi connectivity index (χ3n) is 3.95. The fourth-order valence-electron chi connectivity index (χ4n) is 2.18. The van der Waals surface area contributed by atoms with E-state index in [1.807, 2.05) is 0 Å². The molecule has 110 valence electrons. The largest absolute Gasteiger partial charge is 0.387 e. The maximum absolute atomic E-state index is 11.8. The summed E-state index contributed by atoms with van der Waals surface area (Å²) in [5.74, 6) is -0.0257. The van der Waals surface area contributed by atoms with Gasteiger partial charge in [-0.15, -0.1) is 0 Å². The fourth-order valence-corrected chi connectivity index (χ4v) is 2.72. The topological polar surface area (TPSA) is 83.5 Å². The molecule has 0 fully saturated rings. The second kappa shape index (κ2) is 4.86. The monoisotopic (exact) mass is 297 g/mol. The van der Waals surface area contributed by atoms with Gasteiger partial charge in [-0.2, -0.15) is 0 Å². The van der Waals surface area contributed by atoms with Gasteiger partial charge in [0.2, 0.25) is 5.91 Å². The molecule has 0 radical (unpaired) electrons. The Morgan fingerprint density at radius 2 is 1.95 bits per heavy atom. The van der Waals surface area contributed by atoms with Crippen LogP contribution in [0.4, 0.5) is 5.69 Å². The Labute approximate surface area is 118 Å². The molecule has 1 atom stereocenters. The van der Waals surface area contributed by atoms with Crippen molar-refractivity contribution in [3.63, 3.8) is 0 Å². The number of rotatable bonds is 3. The summed E-state index contributed by atoms with van der Waals surface area (Å²) in [6, 6.07) is 5.14. The van der Waals surface area contributed by atoms with Gasteiger partial charge in [0.25, 0.3) is 0 Å². The molecule has 1 amide bonds. The van der Waals surface area contributed by atoms with Crippen molar-refractivity contribution >= 4 is 21.4 Å². The third kappa shape index (κ3) is 2.58. The first kappa shape index (κ1) is 15.0. The molecule has 0 aromatic heterocycles. The minimum Gasteiger partial charge on any atom is -0.387 e. The number of nitrogens with one attached hydrogen (secondary N) is 1. The van der Waals surface area contributed by atoms with Crippen LogP contribution in [-0.4, -0.2) is 30.4 Å². The van der Waals surface area contributed by atoms with Crippen molar-refractivity contribution in [3.8, 4) is 0 Å². The van der Waals surface area contributed by atoms with E-state index < -0.39 is 20.7 Å². The Bertz CT molecular complexity index is 649. The summed E-state index contributed by atoms with van der Waals surface area (Å²) >= 11 is 0. The van der Waals surface area contributed by atoms with Crippen LogP contribution in [0.3, 0.4) is 0 Å². The summed E-state index contributed by atoms with van der Waals surface area (Å²) in [5, 5.41) is 13.1. The van der Waals surface area contributed by atoms with Crippen molar-refractivity contribution in [2.45, 2.75) is 37.5 Å². The molecule has 1 unspecified atom stereocenters. The summed E-state index contributed by atoms with van der Waals surface area (Å²) < 4.78 is 22.3. The molecule has 2 rings (SSSR count). The van der Waals surface area contributed by atoms with Crippen molar-refractivity contribution in [1.82, 2.24) is 0 Å². The molecule has 2 N–H and O–H groups in total. The van der Waals surface area contributed by atoms with Gasteiger partial charge in [-0.3, -0.25) is 4.79 Å². The van der Waals surface area contributed by atoms with Crippen molar-refractivity contribution in [2.24, 2.45) is 0 Å². The third-order valence-corrected chi connectivity index (χ3v) is 6.09. The standard InChI is InChI=1S/C14H19NO4S/c1-14(2,20(3,18)19)13(17)10-4-6-11-9(8-10)5-7-12(16)15-11/h4,6,8,13,17H,5,7H2,1-3H3,(H,15,16). The quantitative estimate of drug-likeness (QED) is 0.884. The van der Waals surface area contributed by atoms with E-state index in [0.29, 0.717) is 18.4 Å². The number of hydrogen-bond donors (Lipinski definition) is 2. The van der Waals surface area contributed by atoms with Gasteiger partial charge in [-0.05, 0) is 37.5 Å². The first-order chi connectivity index (χ1) is 9.13. The molecule has 1 aliphatic rings. The highest BCUT2D eigenvalue weighted by Crippen LogP contribution is 2.34. The Hall–Kier alpha value is -1.40. The lowest BCUT2D eigenvalue weighted by Gasteiger charge is -2.29. The van der Waals surface area contributed by atoms with Crippen molar-refractivity contribution in [2.75, 3.05) is 11.6 Å². The molecule has 1 aromatic rings. The Morgan fingerprint density at radius 1 is 1.30 bits per heavy atom. The number of aryl methyl sites for hydroxylation is 1. The number of carbonyl (C=O) groups is 1. The number of aliphatic hydroxyl groups is 1. The highest BCUT2D eigenvalue weighted by Gasteiger charge is 2.39. The minimum absolute atomic E-state index is 0.0257. The number of fused-ring (bicyclic) bond motifs is 1. The molecule has 0 spiro atoms. The van der Waals surface area contributed by atoms with Gasteiger partial charge in [0.1, 0.15) is 0 Å². The summed E-state index contributed by atoms with van der Waals surface area (Å²) in [7, 11) is -3.40. The minimum atomic E-state index is -3.40. The molecule has 1 heterocycles. The predicted octanol–water partition coefficient (Wildman–Crippen LogP) is 1.43. The van der Waals surface area contributed by atoms with Crippen LogP contribution in [-0.2, 0) is 21.1 Å². The predicted molar refractivity (Wildman–Crippen MR) is 77.3 cm³/mol. The van der Waals surface area contributed by atoms with Crippen LogP contribution in [0.5, 0.6) is 0 Å². The van der Waals surface area contributed by atoms with Crippen molar-refractivity contribution < 1.29 is 18.3 Å². The van der Waals surface area contributed by atoms with Crippen LogP contribution in [0, 0.1) is 0 Å². The number of hydrogen-bond acceptors (Lipinski definition) is 4. The zero-order valence-electron chi connectivity index (χ0n) is 11.8. The number of carbonyl (C=O) groups excluding carboxylic acids is 1. The number of anilines is 1. The van der Waals surface area contributed by atoms with Crippen LogP contribution in [0.15, 0.2) is 18.2 Å². The summed E-state index contributed by atoms with van der Waals surface area (Å²) in [6.45, 7) is 3.02. The molecule has 0 saturated carbocycles.